The summed E-state index contributed by atoms with van der Waals surface area (Å²) in [5.41, 5.74) is -0.662. The van der Waals surface area contributed by atoms with Crippen LogP contribution in [0.3, 0.4) is 0 Å². The number of hydrogen-bond donors (Lipinski definition) is 2. The summed E-state index contributed by atoms with van der Waals surface area (Å²) in [6.07, 6.45) is -8.98. The molecule has 0 heterocycles. The second-order valence-electron chi connectivity index (χ2n) is 3.82. The lowest BCUT2D eigenvalue weighted by molar-refractivity contribution is -0.137. The quantitative estimate of drug-likeness (QED) is 0.840. The molecule has 0 atom stereocenters. The van der Waals surface area contributed by atoms with Gasteiger partial charge in [0.25, 0.3) is 0 Å². The number of hydrogen-bond acceptors (Lipinski definition) is 2. The molecule has 0 saturated heterocycles. The van der Waals surface area contributed by atoms with Crippen LogP contribution in [0.5, 0.6) is 0 Å². The third-order valence-electron chi connectivity index (χ3n) is 2.15. The van der Waals surface area contributed by atoms with Gasteiger partial charge < -0.3 is 10.6 Å². The first-order valence-corrected chi connectivity index (χ1v) is 5.32. The fourth-order valence-corrected chi connectivity index (χ4v) is 1.22. The van der Waals surface area contributed by atoms with E-state index >= 15 is 0 Å². The van der Waals surface area contributed by atoms with Crippen LogP contribution in [0.1, 0.15) is 5.56 Å². The van der Waals surface area contributed by atoms with Crippen molar-refractivity contribution in [1.82, 2.24) is 5.32 Å². The van der Waals surface area contributed by atoms with Gasteiger partial charge in [-0.05, 0) is 24.3 Å². The highest BCUT2D eigenvalue weighted by molar-refractivity contribution is 5.80. The number of anilines is 1. The molecule has 0 aliphatic heterocycles. The van der Waals surface area contributed by atoms with Crippen LogP contribution in [0.4, 0.5) is 32.0 Å². The highest BCUT2D eigenvalue weighted by Gasteiger charge is 2.30. The maximum absolute atomic E-state index is 12.3. The summed E-state index contributed by atoms with van der Waals surface area (Å²) in [5, 5.41) is 4.03. The highest BCUT2D eigenvalue weighted by atomic mass is 19.4. The normalized spacial score (nSPS) is 12.1. The molecular weight excluding hydrogens is 290 g/mol. The molecule has 1 amide bonds. The van der Waals surface area contributed by atoms with Crippen molar-refractivity contribution in [3.63, 3.8) is 0 Å². The van der Waals surface area contributed by atoms with E-state index < -0.39 is 36.9 Å². The van der Waals surface area contributed by atoms with Crippen LogP contribution in [0.15, 0.2) is 24.3 Å². The van der Waals surface area contributed by atoms with Crippen molar-refractivity contribution in [2.45, 2.75) is 12.4 Å². The minimum absolute atomic E-state index is 0.195. The molecule has 0 saturated carbocycles. The highest BCUT2D eigenvalue weighted by Crippen LogP contribution is 2.29. The third kappa shape index (κ3) is 5.81. The van der Waals surface area contributed by atoms with Crippen LogP contribution in [0, 0.1) is 0 Å². The first-order chi connectivity index (χ1) is 9.08. The third-order valence-corrected chi connectivity index (χ3v) is 2.15. The number of amides is 1. The van der Waals surface area contributed by atoms with Crippen LogP contribution in [-0.4, -0.2) is 25.2 Å². The fraction of sp³-hybridized carbons (Fsp3) is 0.364. The molecule has 112 valence electrons. The molecule has 0 unspecified atom stereocenters. The summed E-state index contributed by atoms with van der Waals surface area (Å²) >= 11 is 0. The van der Waals surface area contributed by atoms with Crippen molar-refractivity contribution in [3.05, 3.63) is 29.8 Å². The number of benzene rings is 1. The number of halogens is 6. The van der Waals surface area contributed by atoms with Crippen LogP contribution >= 0.6 is 0 Å². The summed E-state index contributed by atoms with van der Waals surface area (Å²) in [5.74, 6) is -0.915. The second-order valence-corrected chi connectivity index (χ2v) is 3.82. The fourth-order valence-electron chi connectivity index (χ4n) is 1.22. The Morgan fingerprint density at radius 3 is 2.00 bits per heavy atom. The Morgan fingerprint density at radius 1 is 1.00 bits per heavy atom. The van der Waals surface area contributed by atoms with Gasteiger partial charge in [0.15, 0.2) is 0 Å². The van der Waals surface area contributed by atoms with Crippen molar-refractivity contribution in [3.8, 4) is 0 Å². The minimum Gasteiger partial charge on any atom is -0.376 e. The van der Waals surface area contributed by atoms with E-state index in [1.807, 2.05) is 0 Å². The van der Waals surface area contributed by atoms with E-state index in [0.717, 1.165) is 24.3 Å². The van der Waals surface area contributed by atoms with Crippen molar-refractivity contribution in [2.75, 3.05) is 18.4 Å². The number of carbonyl (C=O) groups excluding carboxylic acids is 1. The topological polar surface area (TPSA) is 41.1 Å². The molecule has 2 N–H and O–H groups in total. The Balaban J connectivity index is 2.44. The van der Waals surface area contributed by atoms with E-state index in [1.165, 1.54) is 0 Å². The van der Waals surface area contributed by atoms with Gasteiger partial charge in [0, 0.05) is 5.69 Å². The molecule has 1 aromatic carbocycles. The molecule has 0 bridgehead atoms. The first kappa shape index (κ1) is 16.1. The van der Waals surface area contributed by atoms with Gasteiger partial charge in [0.2, 0.25) is 5.91 Å². The lowest BCUT2D eigenvalue weighted by Crippen LogP contribution is -2.37. The second kappa shape index (κ2) is 6.02. The van der Waals surface area contributed by atoms with Gasteiger partial charge in [0.05, 0.1) is 12.1 Å². The zero-order chi connectivity index (χ0) is 15.4. The van der Waals surface area contributed by atoms with Gasteiger partial charge in [-0.25, -0.2) is 0 Å². The van der Waals surface area contributed by atoms with E-state index in [4.69, 9.17) is 0 Å². The Kier molecular flexibility index (Phi) is 4.85. The molecule has 1 aromatic rings. The lowest BCUT2D eigenvalue weighted by Gasteiger charge is -2.11. The predicted octanol–water partition coefficient (Wildman–Crippen LogP) is 2.80. The summed E-state index contributed by atoms with van der Waals surface area (Å²) in [6.45, 7) is -1.93. The molecule has 3 nitrogen and oxygen atoms in total. The molecule has 0 radical (unpaired) electrons. The van der Waals surface area contributed by atoms with Crippen molar-refractivity contribution in [2.24, 2.45) is 0 Å². The zero-order valence-corrected chi connectivity index (χ0v) is 9.90. The molecule has 0 fully saturated rings. The Bertz CT molecular complexity index is 451. The Labute approximate surface area is 110 Å². The smallest absolute Gasteiger partial charge is 0.376 e. The zero-order valence-electron chi connectivity index (χ0n) is 9.90. The van der Waals surface area contributed by atoms with Crippen LogP contribution in [-0.2, 0) is 11.0 Å². The van der Waals surface area contributed by atoms with E-state index in [9.17, 15) is 31.1 Å². The van der Waals surface area contributed by atoms with Gasteiger partial charge in [-0.3, -0.25) is 4.79 Å². The van der Waals surface area contributed by atoms with E-state index in [0.29, 0.717) is 0 Å². The molecule has 9 heteroatoms. The monoisotopic (exact) mass is 300 g/mol. The summed E-state index contributed by atoms with van der Waals surface area (Å²) in [6, 6.07) is 3.77. The van der Waals surface area contributed by atoms with Crippen molar-refractivity contribution >= 4 is 11.6 Å². The largest absolute Gasteiger partial charge is 0.416 e. The predicted molar refractivity (Wildman–Crippen MR) is 59.0 cm³/mol. The van der Waals surface area contributed by atoms with Gasteiger partial charge >= 0.3 is 12.4 Å². The van der Waals surface area contributed by atoms with Gasteiger partial charge in [0.1, 0.15) is 6.54 Å². The number of rotatable bonds is 4. The maximum atomic E-state index is 12.3. The molecular formula is C11H10F6N2O. The molecule has 0 aliphatic rings. The van der Waals surface area contributed by atoms with E-state index in [1.54, 1.807) is 5.32 Å². The van der Waals surface area contributed by atoms with Crippen molar-refractivity contribution in [1.29, 1.82) is 0 Å². The maximum Gasteiger partial charge on any atom is 0.416 e. The van der Waals surface area contributed by atoms with Gasteiger partial charge in [-0.2, -0.15) is 26.3 Å². The Hall–Kier alpha value is -1.93. The van der Waals surface area contributed by atoms with Gasteiger partial charge in [-0.15, -0.1) is 0 Å². The molecule has 0 aromatic heterocycles. The Morgan fingerprint density at radius 2 is 1.55 bits per heavy atom. The number of carbonyl (C=O) groups is 1. The standard InChI is InChI=1S/C11H10F6N2O/c12-10(13,14)6-19-9(20)5-18-8-3-1-7(2-4-8)11(15,16)17/h1-4,18H,5-6H2,(H,19,20). The lowest BCUT2D eigenvalue weighted by atomic mass is 10.2. The average Bonchev–Trinajstić information content (AvgIpc) is 2.32. The summed E-state index contributed by atoms with van der Waals surface area (Å²) in [7, 11) is 0. The summed E-state index contributed by atoms with van der Waals surface area (Å²) < 4.78 is 72.1. The molecule has 1 rings (SSSR count). The number of alkyl halides is 6. The van der Waals surface area contributed by atoms with Crippen LogP contribution in [0.25, 0.3) is 0 Å². The van der Waals surface area contributed by atoms with Crippen LogP contribution < -0.4 is 10.6 Å². The first-order valence-electron chi connectivity index (χ1n) is 5.32. The molecule has 0 spiro atoms. The minimum atomic E-state index is -4.51. The van der Waals surface area contributed by atoms with E-state index in [-0.39, 0.29) is 5.69 Å². The molecule has 20 heavy (non-hydrogen) atoms. The molecule has 0 aliphatic carbocycles. The van der Waals surface area contributed by atoms with E-state index in [2.05, 4.69) is 5.32 Å². The van der Waals surface area contributed by atoms with Crippen LogP contribution in [0.2, 0.25) is 0 Å². The average molecular weight is 300 g/mol. The van der Waals surface area contributed by atoms with Gasteiger partial charge in [-0.1, -0.05) is 0 Å². The number of nitrogens with one attached hydrogen (secondary N) is 2. The SMILES string of the molecule is O=C(CNc1ccc(C(F)(F)F)cc1)NCC(F)(F)F. The summed E-state index contributed by atoms with van der Waals surface area (Å²) in [4.78, 5) is 11.0. The van der Waals surface area contributed by atoms with Crippen molar-refractivity contribution < 1.29 is 31.1 Å².